The van der Waals surface area contributed by atoms with Gasteiger partial charge in [-0.2, -0.15) is 0 Å². The zero-order valence-electron chi connectivity index (χ0n) is 11.9. The van der Waals surface area contributed by atoms with Gasteiger partial charge in [-0.25, -0.2) is 9.13 Å². The van der Waals surface area contributed by atoms with E-state index in [0.29, 0.717) is 0 Å². The fourth-order valence-corrected chi connectivity index (χ4v) is 5.89. The summed E-state index contributed by atoms with van der Waals surface area (Å²) in [4.78, 5) is 0. The number of fused-ring (bicyclic) bond motifs is 3. The maximum Gasteiger partial charge on any atom is 0.248 e. The Morgan fingerprint density at radius 1 is 1.17 bits per heavy atom. The maximum absolute atomic E-state index is 2.48. The van der Waals surface area contributed by atoms with Gasteiger partial charge >= 0.3 is 0 Å². The molecule has 2 nitrogen and oxygen atoms in total. The van der Waals surface area contributed by atoms with Crippen molar-refractivity contribution >= 4 is 13.4 Å². The number of hydrogen-bond acceptors (Lipinski definition) is 0. The Morgan fingerprint density at radius 3 is 2.56 bits per heavy atom. The van der Waals surface area contributed by atoms with E-state index in [1.54, 1.807) is 0 Å². The van der Waals surface area contributed by atoms with Crippen molar-refractivity contribution in [3.05, 3.63) is 42.4 Å². The van der Waals surface area contributed by atoms with Crippen LogP contribution < -0.4 is 9.88 Å². The molecule has 0 aliphatic carbocycles. The molecule has 0 amide bonds. The standard InChI is InChI=1S/C15H21N2Si/c1-15(2)12-8-6-7-9-13(12)17-11-16(3)10-14(17)18(15,4)5/h6-11H,1-5H3/q+1. The monoisotopic (exact) mass is 257 g/mol. The second kappa shape index (κ2) is 3.35. The van der Waals surface area contributed by atoms with Crippen LogP contribution in [0.5, 0.6) is 0 Å². The summed E-state index contributed by atoms with van der Waals surface area (Å²) in [6.45, 7) is 9.78. The molecule has 2 heterocycles. The average Bonchev–Trinajstić information content (AvgIpc) is 2.70. The lowest BCUT2D eigenvalue weighted by molar-refractivity contribution is -0.670. The van der Waals surface area contributed by atoms with Gasteiger partial charge in [0.1, 0.15) is 25.3 Å². The Balaban J connectivity index is 2.42. The Labute approximate surface area is 110 Å². The SMILES string of the molecule is C[n+]1cc2n(c1)-c1ccccc1C(C)(C)[Si]2(C)C. The van der Waals surface area contributed by atoms with Gasteiger partial charge in [-0.15, -0.1) is 0 Å². The molecule has 94 valence electrons. The normalized spacial score (nSPS) is 19.2. The van der Waals surface area contributed by atoms with E-state index in [0.717, 1.165) is 0 Å². The molecule has 18 heavy (non-hydrogen) atoms. The van der Waals surface area contributed by atoms with E-state index in [-0.39, 0.29) is 5.04 Å². The summed E-state index contributed by atoms with van der Waals surface area (Å²) in [5, 5.41) is 1.79. The van der Waals surface area contributed by atoms with Crippen LogP contribution >= 0.6 is 0 Å². The number of nitrogens with zero attached hydrogens (tertiary/aromatic N) is 2. The first kappa shape index (κ1) is 11.7. The number of benzene rings is 1. The van der Waals surface area contributed by atoms with Crippen molar-refractivity contribution in [2.24, 2.45) is 7.05 Å². The second-order valence-electron chi connectivity index (χ2n) is 6.43. The summed E-state index contributed by atoms with van der Waals surface area (Å²) in [6.07, 6.45) is 4.52. The lowest BCUT2D eigenvalue weighted by Crippen LogP contribution is -2.62. The zero-order valence-corrected chi connectivity index (χ0v) is 12.9. The molecular formula is C15H21N2Si+. The predicted molar refractivity (Wildman–Crippen MR) is 77.1 cm³/mol. The second-order valence-corrected chi connectivity index (χ2v) is 11.4. The number of rotatable bonds is 0. The van der Waals surface area contributed by atoms with Crippen molar-refractivity contribution in [1.82, 2.24) is 4.57 Å². The summed E-state index contributed by atoms with van der Waals surface area (Å²) in [5.74, 6) is 0. The highest BCUT2D eigenvalue weighted by molar-refractivity contribution is 6.91. The van der Waals surface area contributed by atoms with E-state index < -0.39 is 8.07 Å². The zero-order chi connectivity index (χ0) is 13.1. The van der Waals surface area contributed by atoms with Crippen molar-refractivity contribution < 1.29 is 4.57 Å². The van der Waals surface area contributed by atoms with Gasteiger partial charge in [-0.3, -0.25) is 0 Å². The fourth-order valence-electron chi connectivity index (χ4n) is 3.06. The number of aryl methyl sites for hydroxylation is 1. The smallest absolute Gasteiger partial charge is 0.239 e. The molecule has 0 fully saturated rings. The van der Waals surface area contributed by atoms with Gasteiger partial charge in [0.05, 0.1) is 7.05 Å². The predicted octanol–water partition coefficient (Wildman–Crippen LogP) is 2.05. The van der Waals surface area contributed by atoms with E-state index in [9.17, 15) is 0 Å². The number of hydrogen-bond donors (Lipinski definition) is 0. The molecule has 0 saturated carbocycles. The minimum atomic E-state index is -1.53. The molecule has 0 spiro atoms. The largest absolute Gasteiger partial charge is 0.248 e. The van der Waals surface area contributed by atoms with Crippen molar-refractivity contribution in [2.45, 2.75) is 32.0 Å². The first-order valence-corrected chi connectivity index (χ1v) is 9.54. The van der Waals surface area contributed by atoms with Crippen LogP contribution in [0.1, 0.15) is 19.4 Å². The molecule has 1 aromatic heterocycles. The molecule has 2 aromatic rings. The van der Waals surface area contributed by atoms with Crippen molar-refractivity contribution in [1.29, 1.82) is 0 Å². The summed E-state index contributed by atoms with van der Waals surface area (Å²) in [6, 6.07) is 8.84. The van der Waals surface area contributed by atoms with Gasteiger partial charge < -0.3 is 0 Å². The van der Waals surface area contributed by atoms with Gasteiger partial charge in [-0.05, 0) is 11.1 Å². The molecule has 1 aliphatic rings. The quantitative estimate of drug-likeness (QED) is 0.504. The van der Waals surface area contributed by atoms with Crippen molar-refractivity contribution in [3.63, 3.8) is 0 Å². The highest BCUT2D eigenvalue weighted by Crippen LogP contribution is 2.39. The van der Waals surface area contributed by atoms with Gasteiger partial charge in [0.15, 0.2) is 0 Å². The van der Waals surface area contributed by atoms with Gasteiger partial charge in [0, 0.05) is 5.56 Å². The van der Waals surface area contributed by atoms with E-state index >= 15 is 0 Å². The van der Waals surface area contributed by atoms with Crippen molar-refractivity contribution in [2.75, 3.05) is 0 Å². The summed E-state index contributed by atoms with van der Waals surface area (Å²) < 4.78 is 4.58. The molecular weight excluding hydrogens is 236 g/mol. The van der Waals surface area contributed by atoms with Crippen molar-refractivity contribution in [3.8, 4) is 5.69 Å². The lowest BCUT2D eigenvalue weighted by Gasteiger charge is -2.42. The van der Waals surface area contributed by atoms with E-state index in [1.807, 2.05) is 0 Å². The van der Waals surface area contributed by atoms with Gasteiger partial charge in [0.2, 0.25) is 6.33 Å². The van der Waals surface area contributed by atoms with Gasteiger partial charge in [0.25, 0.3) is 0 Å². The third kappa shape index (κ3) is 1.25. The molecule has 0 N–H and O–H groups in total. The van der Waals surface area contributed by atoms with Gasteiger partial charge in [-0.1, -0.05) is 45.1 Å². The van der Waals surface area contributed by atoms with Crippen LogP contribution in [0, 0.1) is 0 Å². The van der Waals surface area contributed by atoms with Crippen LogP contribution in [-0.4, -0.2) is 12.6 Å². The molecule has 0 bridgehead atoms. The summed E-state index contributed by atoms with van der Waals surface area (Å²) in [7, 11) is 0.589. The van der Waals surface area contributed by atoms with E-state index in [4.69, 9.17) is 0 Å². The minimum Gasteiger partial charge on any atom is -0.239 e. The van der Waals surface area contributed by atoms with Crippen LogP contribution in [0.25, 0.3) is 5.69 Å². The first-order chi connectivity index (χ1) is 8.35. The fraction of sp³-hybridized carbons (Fsp3) is 0.400. The average molecular weight is 257 g/mol. The Morgan fingerprint density at radius 2 is 1.83 bits per heavy atom. The highest BCUT2D eigenvalue weighted by Gasteiger charge is 2.51. The number of aromatic nitrogens is 2. The van der Waals surface area contributed by atoms with E-state index in [1.165, 1.54) is 16.6 Å². The molecule has 1 aliphatic heterocycles. The molecule has 3 heteroatoms. The molecule has 0 radical (unpaired) electrons. The van der Waals surface area contributed by atoms with Crippen LogP contribution in [-0.2, 0) is 12.1 Å². The maximum atomic E-state index is 2.48. The Kier molecular flexibility index (Phi) is 2.18. The molecule has 0 unspecified atom stereocenters. The van der Waals surface area contributed by atoms with E-state index in [2.05, 4.69) is 79.9 Å². The highest BCUT2D eigenvalue weighted by atomic mass is 28.3. The Bertz CT molecular complexity index is 623. The summed E-state index contributed by atoms with van der Waals surface area (Å²) >= 11 is 0. The molecule has 0 saturated heterocycles. The molecule has 1 aromatic carbocycles. The van der Waals surface area contributed by atoms with Crippen LogP contribution in [0.4, 0.5) is 0 Å². The number of imidazole rings is 1. The molecule has 0 atom stereocenters. The summed E-state index contributed by atoms with van der Waals surface area (Å²) in [5.41, 5.74) is 2.84. The third-order valence-electron chi connectivity index (χ3n) is 4.92. The Hall–Kier alpha value is -1.35. The topological polar surface area (TPSA) is 8.81 Å². The third-order valence-corrected chi connectivity index (χ3v) is 9.97. The number of para-hydroxylation sites is 1. The first-order valence-electron chi connectivity index (χ1n) is 6.54. The molecule has 3 rings (SSSR count). The van der Waals surface area contributed by atoms with Crippen LogP contribution in [0.3, 0.4) is 0 Å². The van der Waals surface area contributed by atoms with Crippen LogP contribution in [0.15, 0.2) is 36.8 Å². The minimum absolute atomic E-state index is 0.269. The van der Waals surface area contributed by atoms with Crippen LogP contribution in [0.2, 0.25) is 13.1 Å². The lowest BCUT2D eigenvalue weighted by atomic mass is 9.99.